The van der Waals surface area contributed by atoms with Gasteiger partial charge in [0.1, 0.15) is 5.75 Å². The number of nitrogens with one attached hydrogen (secondary N) is 1. The molecule has 1 aromatic heterocycles. The van der Waals surface area contributed by atoms with E-state index in [0.29, 0.717) is 18.3 Å². The molecule has 0 spiro atoms. The van der Waals surface area contributed by atoms with Crippen molar-refractivity contribution < 1.29 is 9.26 Å². The minimum absolute atomic E-state index is 0.579. The number of likely N-dealkylation sites (N-methyl/N-ethyl adjacent to an activating group) is 1. The molecule has 2 rings (SSSR count). The van der Waals surface area contributed by atoms with E-state index in [0.717, 1.165) is 30.8 Å². The van der Waals surface area contributed by atoms with Gasteiger partial charge in [-0.25, -0.2) is 0 Å². The zero-order valence-electron chi connectivity index (χ0n) is 11.3. The van der Waals surface area contributed by atoms with E-state index < -0.39 is 0 Å². The highest BCUT2D eigenvalue weighted by Crippen LogP contribution is 2.27. The van der Waals surface area contributed by atoms with E-state index in [2.05, 4.69) is 22.4 Å². The average molecular weight is 261 g/mol. The molecular formula is C14H19N3O2. The Morgan fingerprint density at radius 2 is 2.11 bits per heavy atom. The van der Waals surface area contributed by atoms with Gasteiger partial charge >= 0.3 is 0 Å². The quantitative estimate of drug-likeness (QED) is 0.775. The molecule has 0 fully saturated rings. The van der Waals surface area contributed by atoms with Crippen LogP contribution >= 0.6 is 0 Å². The summed E-state index contributed by atoms with van der Waals surface area (Å²) in [7, 11) is 0. The lowest BCUT2D eigenvalue weighted by atomic mass is 10.2. The molecule has 0 radical (unpaired) electrons. The fourth-order valence-electron chi connectivity index (χ4n) is 1.77. The third-order valence-electron chi connectivity index (χ3n) is 2.66. The van der Waals surface area contributed by atoms with Gasteiger partial charge in [0, 0.05) is 13.0 Å². The molecule has 0 bridgehead atoms. The van der Waals surface area contributed by atoms with Crippen LogP contribution in [-0.4, -0.2) is 29.8 Å². The van der Waals surface area contributed by atoms with Crippen LogP contribution < -0.4 is 10.1 Å². The Morgan fingerprint density at radius 3 is 2.89 bits per heavy atom. The highest BCUT2D eigenvalue weighted by molar-refractivity contribution is 5.63. The van der Waals surface area contributed by atoms with Crippen molar-refractivity contribution in [1.29, 1.82) is 0 Å². The van der Waals surface area contributed by atoms with Gasteiger partial charge in [-0.05, 0) is 25.6 Å². The van der Waals surface area contributed by atoms with Gasteiger partial charge in [-0.1, -0.05) is 24.2 Å². The van der Waals surface area contributed by atoms with Crippen molar-refractivity contribution in [3.63, 3.8) is 0 Å². The van der Waals surface area contributed by atoms with E-state index in [-0.39, 0.29) is 0 Å². The molecule has 5 heteroatoms. The molecule has 0 unspecified atom stereocenters. The molecule has 0 amide bonds. The third kappa shape index (κ3) is 3.54. The number of benzene rings is 1. The molecule has 1 heterocycles. The predicted octanol–water partition coefficient (Wildman–Crippen LogP) is 2.29. The van der Waals surface area contributed by atoms with Crippen LogP contribution in [-0.2, 0) is 6.42 Å². The van der Waals surface area contributed by atoms with E-state index in [9.17, 15) is 0 Å². The molecule has 19 heavy (non-hydrogen) atoms. The van der Waals surface area contributed by atoms with Gasteiger partial charge in [0.15, 0.2) is 0 Å². The van der Waals surface area contributed by atoms with E-state index in [1.807, 2.05) is 31.2 Å². The van der Waals surface area contributed by atoms with Crippen LogP contribution in [0.25, 0.3) is 11.4 Å². The molecule has 102 valence electrons. The fourth-order valence-corrected chi connectivity index (χ4v) is 1.77. The second-order valence-electron chi connectivity index (χ2n) is 4.04. The van der Waals surface area contributed by atoms with Crippen LogP contribution in [0.2, 0.25) is 0 Å². The normalized spacial score (nSPS) is 10.6. The Morgan fingerprint density at radius 1 is 1.26 bits per heavy atom. The van der Waals surface area contributed by atoms with Crippen LogP contribution in [0, 0.1) is 0 Å². The zero-order chi connectivity index (χ0) is 13.5. The number of ether oxygens (including phenoxy) is 1. The summed E-state index contributed by atoms with van der Waals surface area (Å²) < 4.78 is 10.8. The summed E-state index contributed by atoms with van der Waals surface area (Å²) in [4.78, 5) is 4.40. The van der Waals surface area contributed by atoms with E-state index in [1.165, 1.54) is 0 Å². The number of hydrogen-bond acceptors (Lipinski definition) is 5. The molecule has 2 aromatic rings. The maximum atomic E-state index is 5.57. The lowest BCUT2D eigenvalue weighted by molar-refractivity contribution is 0.341. The zero-order valence-corrected chi connectivity index (χ0v) is 11.3. The molecule has 1 aromatic carbocycles. The largest absolute Gasteiger partial charge is 0.493 e. The Bertz CT molecular complexity index is 511. The monoisotopic (exact) mass is 261 g/mol. The maximum absolute atomic E-state index is 5.57. The van der Waals surface area contributed by atoms with E-state index >= 15 is 0 Å². The first-order chi connectivity index (χ1) is 9.35. The van der Waals surface area contributed by atoms with Gasteiger partial charge in [0.2, 0.25) is 11.7 Å². The van der Waals surface area contributed by atoms with Gasteiger partial charge in [-0.15, -0.1) is 0 Å². The summed E-state index contributed by atoms with van der Waals surface area (Å²) in [6, 6.07) is 7.71. The predicted molar refractivity (Wildman–Crippen MR) is 73.2 cm³/mol. The van der Waals surface area contributed by atoms with Crippen molar-refractivity contribution in [2.75, 3.05) is 19.7 Å². The van der Waals surface area contributed by atoms with E-state index in [1.54, 1.807) is 0 Å². The van der Waals surface area contributed by atoms with Gasteiger partial charge < -0.3 is 14.6 Å². The Kier molecular flexibility index (Phi) is 4.92. The van der Waals surface area contributed by atoms with Crippen LogP contribution in [0.5, 0.6) is 5.75 Å². The Balaban J connectivity index is 2.13. The first-order valence-corrected chi connectivity index (χ1v) is 6.60. The summed E-state index contributed by atoms with van der Waals surface area (Å²) in [5.41, 5.74) is 0.864. The van der Waals surface area contributed by atoms with Crippen molar-refractivity contribution in [2.45, 2.75) is 20.3 Å². The number of hydrogen-bond donors (Lipinski definition) is 1. The van der Waals surface area contributed by atoms with Crippen molar-refractivity contribution in [3.05, 3.63) is 30.2 Å². The SMILES string of the molecule is CCNCCc1nc(-c2ccccc2OCC)no1. The molecule has 0 saturated heterocycles. The first kappa shape index (κ1) is 13.5. The maximum Gasteiger partial charge on any atom is 0.228 e. The van der Waals surface area contributed by atoms with Crippen LogP contribution in [0.15, 0.2) is 28.8 Å². The highest BCUT2D eigenvalue weighted by atomic mass is 16.5. The topological polar surface area (TPSA) is 60.2 Å². The van der Waals surface area contributed by atoms with Crippen molar-refractivity contribution in [3.8, 4) is 17.1 Å². The second kappa shape index (κ2) is 6.89. The summed E-state index contributed by atoms with van der Waals surface area (Å²) in [6.45, 7) is 6.41. The lowest BCUT2D eigenvalue weighted by Gasteiger charge is -2.05. The molecular weight excluding hydrogens is 242 g/mol. The van der Waals surface area contributed by atoms with E-state index in [4.69, 9.17) is 9.26 Å². The summed E-state index contributed by atoms with van der Waals surface area (Å²) in [6.07, 6.45) is 0.734. The Labute approximate surface area is 113 Å². The lowest BCUT2D eigenvalue weighted by Crippen LogP contribution is -2.16. The number of aromatic nitrogens is 2. The minimum atomic E-state index is 0.579. The van der Waals surface area contributed by atoms with Gasteiger partial charge in [-0.2, -0.15) is 4.98 Å². The first-order valence-electron chi connectivity index (χ1n) is 6.60. The van der Waals surface area contributed by atoms with Crippen molar-refractivity contribution in [2.24, 2.45) is 0 Å². The summed E-state index contributed by atoms with van der Waals surface area (Å²) >= 11 is 0. The molecule has 0 aliphatic rings. The molecule has 0 saturated carbocycles. The number of para-hydroxylation sites is 1. The van der Waals surface area contributed by atoms with Gasteiger partial charge in [0.25, 0.3) is 0 Å². The second-order valence-corrected chi connectivity index (χ2v) is 4.04. The average Bonchev–Trinajstić information content (AvgIpc) is 2.89. The van der Waals surface area contributed by atoms with Crippen LogP contribution in [0.4, 0.5) is 0 Å². The molecule has 0 aliphatic carbocycles. The smallest absolute Gasteiger partial charge is 0.228 e. The van der Waals surface area contributed by atoms with Crippen LogP contribution in [0.1, 0.15) is 19.7 Å². The van der Waals surface area contributed by atoms with Crippen molar-refractivity contribution in [1.82, 2.24) is 15.5 Å². The molecule has 5 nitrogen and oxygen atoms in total. The summed E-state index contributed by atoms with van der Waals surface area (Å²) in [5.74, 6) is 2.00. The standard InChI is InChI=1S/C14H19N3O2/c1-3-15-10-9-13-16-14(17-19-13)11-7-5-6-8-12(11)18-4-2/h5-8,15H,3-4,9-10H2,1-2H3. The number of rotatable bonds is 7. The molecule has 1 N–H and O–H groups in total. The van der Waals surface area contributed by atoms with Gasteiger partial charge in [0.05, 0.1) is 12.2 Å². The van der Waals surface area contributed by atoms with Gasteiger partial charge in [-0.3, -0.25) is 0 Å². The number of nitrogens with zero attached hydrogens (tertiary/aromatic N) is 2. The minimum Gasteiger partial charge on any atom is -0.493 e. The van der Waals surface area contributed by atoms with Crippen molar-refractivity contribution >= 4 is 0 Å². The third-order valence-corrected chi connectivity index (χ3v) is 2.66. The fraction of sp³-hybridized carbons (Fsp3) is 0.429. The molecule has 0 aliphatic heterocycles. The Hall–Kier alpha value is -1.88. The van der Waals surface area contributed by atoms with Crippen LogP contribution in [0.3, 0.4) is 0 Å². The highest BCUT2D eigenvalue weighted by Gasteiger charge is 2.12. The molecule has 0 atom stereocenters. The summed E-state index contributed by atoms with van der Waals surface area (Å²) in [5, 5.41) is 7.24.